The Kier molecular flexibility index (Phi) is 5.58. The topological polar surface area (TPSA) is 75.2 Å². The fraction of sp³-hybridized carbons (Fsp3) is 0.529. The maximum atomic E-state index is 12.4. The molecule has 0 aliphatic carbocycles. The fourth-order valence-electron chi connectivity index (χ4n) is 3.14. The van der Waals surface area contributed by atoms with Crippen LogP contribution in [-0.2, 0) is 16.4 Å². The molecular formula is C17H24N4O2S2. The maximum absolute atomic E-state index is 12.4. The van der Waals surface area contributed by atoms with Crippen molar-refractivity contribution in [1.82, 2.24) is 10.2 Å². The van der Waals surface area contributed by atoms with Gasteiger partial charge >= 0.3 is 0 Å². The van der Waals surface area contributed by atoms with Crippen molar-refractivity contribution in [2.75, 3.05) is 16.2 Å². The number of anilines is 2. The molecule has 6 nitrogen and oxygen atoms in total. The zero-order chi connectivity index (χ0) is 17.9. The summed E-state index contributed by atoms with van der Waals surface area (Å²) >= 11 is 1.28. The van der Waals surface area contributed by atoms with E-state index >= 15 is 0 Å². The van der Waals surface area contributed by atoms with Crippen molar-refractivity contribution < 1.29 is 8.42 Å². The van der Waals surface area contributed by atoms with E-state index in [4.69, 9.17) is 0 Å². The minimum Gasteiger partial charge on any atom is -0.352 e. The molecule has 1 N–H and O–H groups in total. The Morgan fingerprint density at radius 2 is 2.04 bits per heavy atom. The van der Waals surface area contributed by atoms with Crippen LogP contribution in [0.4, 0.5) is 11.6 Å². The van der Waals surface area contributed by atoms with E-state index in [0.717, 1.165) is 36.5 Å². The number of hydrogen-bond donors (Lipinski definition) is 1. The summed E-state index contributed by atoms with van der Waals surface area (Å²) in [7, 11) is -3.60. The highest BCUT2D eigenvalue weighted by molar-refractivity contribution is 7.94. The van der Waals surface area contributed by atoms with Crippen LogP contribution in [0.3, 0.4) is 0 Å². The third-order valence-corrected chi connectivity index (χ3v) is 7.61. The maximum Gasteiger partial charge on any atom is 0.272 e. The number of thiophene rings is 1. The summed E-state index contributed by atoms with van der Waals surface area (Å²) in [5.74, 6) is 1.07. The second kappa shape index (κ2) is 7.70. The molecule has 1 unspecified atom stereocenters. The smallest absolute Gasteiger partial charge is 0.272 e. The SMILES string of the molecule is CCc1ccc(S(=O)(=O)Nc2ccc(N3CCCCC3CC)nn2)s1. The van der Waals surface area contributed by atoms with Gasteiger partial charge in [-0.05, 0) is 56.4 Å². The Bertz CT molecular complexity index is 802. The number of nitrogens with one attached hydrogen (secondary N) is 1. The van der Waals surface area contributed by atoms with Crippen LogP contribution in [0, 0.1) is 0 Å². The van der Waals surface area contributed by atoms with E-state index in [1.165, 1.54) is 24.2 Å². The molecule has 136 valence electrons. The minimum atomic E-state index is -3.60. The van der Waals surface area contributed by atoms with Crippen LogP contribution in [0.25, 0.3) is 0 Å². The molecule has 0 bridgehead atoms. The van der Waals surface area contributed by atoms with Gasteiger partial charge in [0.05, 0.1) is 0 Å². The molecule has 1 aliphatic heterocycles. The van der Waals surface area contributed by atoms with Gasteiger partial charge in [0.2, 0.25) is 0 Å². The van der Waals surface area contributed by atoms with E-state index in [0.29, 0.717) is 10.3 Å². The van der Waals surface area contributed by atoms with Gasteiger partial charge in [-0.15, -0.1) is 21.5 Å². The number of sulfonamides is 1. The lowest BCUT2D eigenvalue weighted by Gasteiger charge is -2.35. The third kappa shape index (κ3) is 4.12. The van der Waals surface area contributed by atoms with Crippen molar-refractivity contribution >= 4 is 33.0 Å². The van der Waals surface area contributed by atoms with Crippen LogP contribution < -0.4 is 9.62 Å². The van der Waals surface area contributed by atoms with Crippen LogP contribution in [0.5, 0.6) is 0 Å². The Hall–Kier alpha value is -1.67. The lowest BCUT2D eigenvalue weighted by molar-refractivity contribution is 0.445. The molecule has 1 fully saturated rings. The summed E-state index contributed by atoms with van der Waals surface area (Å²) in [6, 6.07) is 7.51. The van der Waals surface area contributed by atoms with Crippen molar-refractivity contribution in [2.45, 2.75) is 56.2 Å². The van der Waals surface area contributed by atoms with Gasteiger partial charge in [-0.3, -0.25) is 4.72 Å². The molecule has 0 aromatic carbocycles. The lowest BCUT2D eigenvalue weighted by Crippen LogP contribution is -2.39. The average Bonchev–Trinajstić information content (AvgIpc) is 3.12. The molecule has 25 heavy (non-hydrogen) atoms. The summed E-state index contributed by atoms with van der Waals surface area (Å²) in [6.45, 7) is 5.17. The van der Waals surface area contributed by atoms with E-state index in [1.807, 2.05) is 19.1 Å². The van der Waals surface area contributed by atoms with Crippen LogP contribution in [0.15, 0.2) is 28.5 Å². The van der Waals surface area contributed by atoms with Gasteiger partial charge in [0.15, 0.2) is 11.6 Å². The van der Waals surface area contributed by atoms with Crippen LogP contribution in [0.2, 0.25) is 0 Å². The van der Waals surface area contributed by atoms with Crippen molar-refractivity contribution in [3.63, 3.8) is 0 Å². The monoisotopic (exact) mass is 380 g/mol. The highest BCUT2D eigenvalue weighted by Crippen LogP contribution is 2.26. The molecule has 0 spiro atoms. The molecule has 1 aliphatic rings. The van der Waals surface area contributed by atoms with Crippen LogP contribution in [-0.4, -0.2) is 31.2 Å². The Labute approximate surface area is 153 Å². The van der Waals surface area contributed by atoms with Gasteiger partial charge in [0.25, 0.3) is 10.0 Å². The van der Waals surface area contributed by atoms with Crippen molar-refractivity contribution in [2.24, 2.45) is 0 Å². The molecule has 8 heteroatoms. The van der Waals surface area contributed by atoms with E-state index in [2.05, 4.69) is 26.7 Å². The molecule has 0 amide bonds. The number of aromatic nitrogens is 2. The zero-order valence-electron chi connectivity index (χ0n) is 14.6. The second-order valence-corrected chi connectivity index (χ2v) is 9.29. The first-order valence-corrected chi connectivity index (χ1v) is 11.1. The van der Waals surface area contributed by atoms with E-state index in [1.54, 1.807) is 12.1 Å². The molecule has 1 saturated heterocycles. The fourth-order valence-corrected chi connectivity index (χ4v) is 5.43. The van der Waals surface area contributed by atoms with Crippen LogP contribution >= 0.6 is 11.3 Å². The molecule has 1 atom stereocenters. The number of piperidine rings is 1. The van der Waals surface area contributed by atoms with Gasteiger partial charge < -0.3 is 4.90 Å². The molecule has 0 saturated carbocycles. The first-order valence-electron chi connectivity index (χ1n) is 8.75. The normalized spacial score (nSPS) is 18.3. The summed E-state index contributed by atoms with van der Waals surface area (Å²) in [4.78, 5) is 3.32. The summed E-state index contributed by atoms with van der Waals surface area (Å²) in [6.07, 6.45) is 5.48. The molecule has 0 radical (unpaired) electrons. The highest BCUT2D eigenvalue weighted by atomic mass is 32.2. The highest BCUT2D eigenvalue weighted by Gasteiger charge is 2.23. The van der Waals surface area contributed by atoms with Crippen LogP contribution in [0.1, 0.15) is 44.4 Å². The summed E-state index contributed by atoms with van der Waals surface area (Å²) in [5, 5.41) is 8.34. The quantitative estimate of drug-likeness (QED) is 0.827. The number of nitrogens with zero attached hydrogens (tertiary/aromatic N) is 3. The van der Waals surface area contributed by atoms with Gasteiger partial charge in [-0.25, -0.2) is 8.42 Å². The molecule has 3 rings (SSSR count). The lowest BCUT2D eigenvalue weighted by atomic mass is 10.0. The van der Waals surface area contributed by atoms with E-state index in [9.17, 15) is 8.42 Å². The molecule has 3 heterocycles. The number of rotatable bonds is 6. The molecular weight excluding hydrogens is 356 g/mol. The summed E-state index contributed by atoms with van der Waals surface area (Å²) < 4.78 is 27.7. The first-order chi connectivity index (χ1) is 12.0. The van der Waals surface area contributed by atoms with Gasteiger partial charge in [-0.2, -0.15) is 0 Å². The van der Waals surface area contributed by atoms with E-state index < -0.39 is 10.0 Å². The van der Waals surface area contributed by atoms with Gasteiger partial charge in [0.1, 0.15) is 4.21 Å². The summed E-state index contributed by atoms with van der Waals surface area (Å²) in [5.41, 5.74) is 0. The number of hydrogen-bond acceptors (Lipinski definition) is 6. The predicted molar refractivity (Wildman–Crippen MR) is 102 cm³/mol. The molecule has 2 aromatic rings. The Morgan fingerprint density at radius 3 is 2.68 bits per heavy atom. The zero-order valence-corrected chi connectivity index (χ0v) is 16.2. The number of aryl methyl sites for hydroxylation is 1. The first kappa shape index (κ1) is 18.1. The Morgan fingerprint density at radius 1 is 1.20 bits per heavy atom. The predicted octanol–water partition coefficient (Wildman–Crippen LogP) is 3.67. The van der Waals surface area contributed by atoms with Gasteiger partial charge in [-0.1, -0.05) is 13.8 Å². The van der Waals surface area contributed by atoms with Crippen molar-refractivity contribution in [3.05, 3.63) is 29.1 Å². The standard InChI is InChI=1S/C17H24N4O2S2/c1-3-13-7-5-6-12-21(13)16-10-9-15(18-19-16)20-25(22,23)17-11-8-14(4-2)24-17/h8-11,13H,3-7,12H2,1-2H3,(H,18,20). The minimum absolute atomic E-state index is 0.250. The largest absolute Gasteiger partial charge is 0.352 e. The average molecular weight is 381 g/mol. The Balaban J connectivity index is 1.74. The third-order valence-electron chi connectivity index (χ3n) is 4.53. The second-order valence-electron chi connectivity index (χ2n) is 6.21. The van der Waals surface area contributed by atoms with Crippen molar-refractivity contribution in [3.8, 4) is 0 Å². The molecule has 2 aromatic heterocycles. The van der Waals surface area contributed by atoms with E-state index in [-0.39, 0.29) is 5.82 Å². The van der Waals surface area contributed by atoms with Gasteiger partial charge in [0, 0.05) is 17.5 Å². The van der Waals surface area contributed by atoms with Crippen molar-refractivity contribution in [1.29, 1.82) is 0 Å².